The molecule has 1 fully saturated rings. The van der Waals surface area contributed by atoms with E-state index >= 15 is 0 Å². The molecule has 2 rings (SSSR count). The number of carbonyl (C=O) groups is 1. The quantitative estimate of drug-likeness (QED) is 0.647. The van der Waals surface area contributed by atoms with Gasteiger partial charge in [0.2, 0.25) is 0 Å². The topological polar surface area (TPSA) is 88.9 Å². The highest BCUT2D eigenvalue weighted by Gasteiger charge is 2.52. The van der Waals surface area contributed by atoms with Gasteiger partial charge in [0.1, 0.15) is 5.15 Å². The van der Waals surface area contributed by atoms with E-state index in [-0.39, 0.29) is 17.3 Å². The molecule has 2 heterocycles. The third kappa shape index (κ3) is 3.58. The molecule has 0 aliphatic carbocycles. The molecule has 23 heavy (non-hydrogen) atoms. The minimum atomic E-state index is -1.17. The first-order valence-corrected chi connectivity index (χ1v) is 7.51. The van der Waals surface area contributed by atoms with Gasteiger partial charge in [-0.25, -0.2) is 9.78 Å². The lowest BCUT2D eigenvalue weighted by Gasteiger charge is -2.32. The van der Waals surface area contributed by atoms with Crippen LogP contribution in [0.1, 0.15) is 43.6 Å². The van der Waals surface area contributed by atoms with Crippen molar-refractivity contribution in [1.82, 2.24) is 4.98 Å². The first kappa shape index (κ1) is 17.9. The molecule has 1 aliphatic rings. The molecule has 1 saturated heterocycles. The fourth-order valence-corrected chi connectivity index (χ4v) is 2.27. The van der Waals surface area contributed by atoms with Crippen LogP contribution in [-0.4, -0.2) is 46.1 Å². The molecule has 1 aromatic heterocycles. The van der Waals surface area contributed by atoms with Crippen molar-refractivity contribution in [3.05, 3.63) is 34.0 Å². The summed E-state index contributed by atoms with van der Waals surface area (Å²) >= 11 is 5.75. The Morgan fingerprint density at radius 2 is 1.91 bits per heavy atom. The van der Waals surface area contributed by atoms with Crippen LogP contribution in [0.3, 0.4) is 0 Å². The van der Waals surface area contributed by atoms with Crippen molar-refractivity contribution in [2.45, 2.75) is 38.9 Å². The Morgan fingerprint density at radius 3 is 2.39 bits per heavy atom. The Labute approximate surface area is 140 Å². The highest BCUT2D eigenvalue weighted by atomic mass is 35.5. The molecule has 0 aromatic carbocycles. The van der Waals surface area contributed by atoms with Crippen LogP contribution in [0.15, 0.2) is 17.7 Å². The van der Waals surface area contributed by atoms with Gasteiger partial charge >= 0.3 is 13.1 Å². The van der Waals surface area contributed by atoms with Gasteiger partial charge in [0.25, 0.3) is 0 Å². The predicted octanol–water partition coefficient (Wildman–Crippen LogP) is 2.44. The van der Waals surface area contributed by atoms with Crippen molar-refractivity contribution < 1.29 is 24.3 Å². The summed E-state index contributed by atoms with van der Waals surface area (Å²) in [4.78, 5) is 15.0. The van der Waals surface area contributed by atoms with Gasteiger partial charge in [-0.15, -0.1) is 0 Å². The van der Waals surface area contributed by atoms with E-state index in [0.29, 0.717) is 11.0 Å². The van der Waals surface area contributed by atoms with Gasteiger partial charge in [0.05, 0.1) is 23.4 Å². The van der Waals surface area contributed by atoms with Crippen LogP contribution in [0.5, 0.6) is 0 Å². The first-order chi connectivity index (χ1) is 10.6. The van der Waals surface area contributed by atoms with E-state index in [1.165, 1.54) is 12.3 Å². The fourth-order valence-electron chi connectivity index (χ4n) is 2.09. The van der Waals surface area contributed by atoms with Crippen LogP contribution in [0, 0.1) is 0 Å². The van der Waals surface area contributed by atoms with E-state index in [9.17, 15) is 9.90 Å². The zero-order chi connectivity index (χ0) is 17.4. The van der Waals surface area contributed by atoms with Gasteiger partial charge in [0, 0.05) is 6.20 Å². The monoisotopic (exact) mass is 339 g/mol. The van der Waals surface area contributed by atoms with Gasteiger partial charge in [-0.2, -0.15) is 0 Å². The molecule has 0 spiro atoms. The minimum absolute atomic E-state index is 0.0872. The fraction of sp³-hybridized carbons (Fsp3) is 0.467. The number of nitrogens with zero attached hydrogens (tertiary/aromatic N) is 1. The highest BCUT2D eigenvalue weighted by molar-refractivity contribution is 6.55. The van der Waals surface area contributed by atoms with Crippen LogP contribution in [0.2, 0.25) is 5.15 Å². The van der Waals surface area contributed by atoms with Crippen molar-refractivity contribution >= 4 is 30.8 Å². The van der Waals surface area contributed by atoms with Crippen molar-refractivity contribution in [1.29, 1.82) is 0 Å². The maximum absolute atomic E-state index is 11.1. The minimum Gasteiger partial charge on any atom is -0.478 e. The van der Waals surface area contributed by atoms with Gasteiger partial charge in [-0.3, -0.25) is 0 Å². The van der Waals surface area contributed by atoms with Crippen LogP contribution >= 0.6 is 11.6 Å². The number of aliphatic hydroxyl groups is 1. The number of hydrogen-bond donors (Lipinski definition) is 2. The van der Waals surface area contributed by atoms with Gasteiger partial charge in [-0.05, 0) is 44.8 Å². The second-order valence-electron chi connectivity index (χ2n) is 6.38. The Bertz CT molecular complexity index is 643. The Balaban J connectivity index is 2.34. The van der Waals surface area contributed by atoms with E-state index in [0.717, 1.165) is 0 Å². The zero-order valence-corrected chi connectivity index (χ0v) is 14.2. The van der Waals surface area contributed by atoms with E-state index in [1.54, 1.807) is 6.08 Å². The molecule has 1 aliphatic heterocycles. The summed E-state index contributed by atoms with van der Waals surface area (Å²) in [6.07, 6.45) is 3.02. The summed E-state index contributed by atoms with van der Waals surface area (Å²) < 4.78 is 11.8. The summed E-state index contributed by atoms with van der Waals surface area (Å²) in [6.45, 7) is 7.35. The number of hydrogen-bond acceptors (Lipinski definition) is 5. The van der Waals surface area contributed by atoms with E-state index in [1.807, 2.05) is 27.7 Å². The number of carboxylic acid groups (broad SMARTS) is 1. The largest absolute Gasteiger partial charge is 0.492 e. The van der Waals surface area contributed by atoms with Crippen LogP contribution in [0.4, 0.5) is 0 Å². The predicted molar refractivity (Wildman–Crippen MR) is 87.4 cm³/mol. The third-order valence-electron chi connectivity index (χ3n) is 4.18. The van der Waals surface area contributed by atoms with E-state index in [2.05, 4.69) is 4.98 Å². The average Bonchev–Trinajstić information content (AvgIpc) is 2.66. The Morgan fingerprint density at radius 1 is 1.35 bits per heavy atom. The lowest BCUT2D eigenvalue weighted by atomic mass is 9.77. The SMILES string of the molecule is CC1(C)OB(C(=Cc2cnc(Cl)c(C(=O)O)c2)CO)OC1(C)C. The maximum Gasteiger partial charge on any atom is 0.492 e. The summed E-state index contributed by atoms with van der Waals surface area (Å²) in [6, 6.07) is 1.39. The van der Waals surface area contributed by atoms with E-state index < -0.39 is 24.3 Å². The number of pyridine rings is 1. The van der Waals surface area contributed by atoms with Crippen molar-refractivity contribution in [2.24, 2.45) is 0 Å². The standard InChI is InChI=1S/C15H19BClNO5/c1-14(2)15(3,4)23-16(22-14)10(8-19)5-9-6-11(13(20)21)12(17)18-7-9/h5-7,19H,8H2,1-4H3,(H,20,21). The number of halogens is 1. The third-order valence-corrected chi connectivity index (χ3v) is 4.48. The van der Waals surface area contributed by atoms with E-state index in [4.69, 9.17) is 26.0 Å². The number of aliphatic hydroxyl groups excluding tert-OH is 1. The molecule has 1 aromatic rings. The Hall–Kier alpha value is -1.41. The highest BCUT2D eigenvalue weighted by Crippen LogP contribution is 2.38. The Kier molecular flexibility index (Phi) is 4.87. The van der Waals surface area contributed by atoms with Crippen LogP contribution in [-0.2, 0) is 9.31 Å². The van der Waals surface area contributed by atoms with Gasteiger partial charge in [0.15, 0.2) is 0 Å². The van der Waals surface area contributed by atoms with Gasteiger partial charge in [-0.1, -0.05) is 17.7 Å². The number of aromatic nitrogens is 1. The smallest absolute Gasteiger partial charge is 0.478 e. The summed E-state index contributed by atoms with van der Waals surface area (Å²) in [5, 5.41) is 18.6. The van der Waals surface area contributed by atoms with Crippen molar-refractivity contribution in [2.75, 3.05) is 6.61 Å². The van der Waals surface area contributed by atoms with Crippen molar-refractivity contribution in [3.63, 3.8) is 0 Å². The van der Waals surface area contributed by atoms with Crippen LogP contribution < -0.4 is 0 Å². The molecule has 0 unspecified atom stereocenters. The molecule has 0 atom stereocenters. The summed E-state index contributed by atoms with van der Waals surface area (Å²) in [5.74, 6) is -1.17. The van der Waals surface area contributed by atoms with Crippen molar-refractivity contribution in [3.8, 4) is 0 Å². The maximum atomic E-state index is 11.1. The lowest BCUT2D eigenvalue weighted by Crippen LogP contribution is -2.41. The average molecular weight is 340 g/mol. The number of carboxylic acids is 1. The lowest BCUT2D eigenvalue weighted by molar-refractivity contribution is 0.00578. The molecule has 0 radical (unpaired) electrons. The molecular weight excluding hydrogens is 320 g/mol. The number of rotatable bonds is 4. The molecule has 0 saturated carbocycles. The summed E-state index contributed by atoms with van der Waals surface area (Å²) in [5.41, 5.74) is -0.200. The molecular formula is C15H19BClNO5. The molecule has 8 heteroatoms. The second-order valence-corrected chi connectivity index (χ2v) is 6.74. The molecule has 124 valence electrons. The molecule has 0 bridgehead atoms. The van der Waals surface area contributed by atoms with Gasteiger partial charge < -0.3 is 19.5 Å². The molecule has 6 nitrogen and oxygen atoms in total. The van der Waals surface area contributed by atoms with Crippen LogP contribution in [0.25, 0.3) is 6.08 Å². The number of aromatic carboxylic acids is 1. The zero-order valence-electron chi connectivity index (χ0n) is 13.5. The normalized spacial score (nSPS) is 19.9. The molecule has 0 amide bonds. The second kappa shape index (κ2) is 6.24. The first-order valence-electron chi connectivity index (χ1n) is 7.13. The summed E-state index contributed by atoms with van der Waals surface area (Å²) in [7, 11) is -0.714. The molecule has 2 N–H and O–H groups in total.